The van der Waals surface area contributed by atoms with Gasteiger partial charge in [0, 0.05) is 4.47 Å². The zero-order valence-electron chi connectivity index (χ0n) is 9.56. The van der Waals surface area contributed by atoms with Gasteiger partial charge in [0.25, 0.3) is 0 Å². The molecule has 0 saturated carbocycles. The third-order valence-electron chi connectivity index (χ3n) is 2.28. The second-order valence-corrected chi connectivity index (χ2v) is 4.37. The van der Waals surface area contributed by atoms with Crippen molar-refractivity contribution in [1.29, 1.82) is 0 Å². The van der Waals surface area contributed by atoms with Gasteiger partial charge in [0.15, 0.2) is 0 Å². The fraction of sp³-hybridized carbons (Fsp3) is 0.167. The molecule has 0 aliphatic carbocycles. The van der Waals surface area contributed by atoms with Crippen molar-refractivity contribution in [1.82, 2.24) is 9.78 Å². The number of nitrogens with zero attached hydrogens (tertiary/aromatic N) is 2. The molecular formula is C12H10BrFN2O2. The summed E-state index contributed by atoms with van der Waals surface area (Å²) in [5, 5.41) is 3.84. The van der Waals surface area contributed by atoms with Gasteiger partial charge in [-0.15, -0.1) is 0 Å². The first-order chi connectivity index (χ1) is 8.63. The van der Waals surface area contributed by atoms with Crippen molar-refractivity contribution in [3.05, 3.63) is 46.4 Å². The average Bonchev–Trinajstić information content (AvgIpc) is 2.73. The molecule has 0 spiro atoms. The Morgan fingerprint density at radius 1 is 1.44 bits per heavy atom. The molecule has 0 aliphatic heterocycles. The van der Waals surface area contributed by atoms with Gasteiger partial charge < -0.3 is 4.74 Å². The second-order valence-electron chi connectivity index (χ2n) is 3.46. The fourth-order valence-electron chi connectivity index (χ4n) is 1.44. The predicted octanol–water partition coefficient (Wildman–Crippen LogP) is 2.95. The van der Waals surface area contributed by atoms with Crippen molar-refractivity contribution in [2.24, 2.45) is 0 Å². The van der Waals surface area contributed by atoms with E-state index in [-0.39, 0.29) is 12.2 Å². The lowest BCUT2D eigenvalue weighted by atomic mass is 10.3. The number of carbonyl (C=O) groups excluding carboxylic acids is 1. The van der Waals surface area contributed by atoms with Gasteiger partial charge in [-0.2, -0.15) is 9.49 Å². The zero-order valence-corrected chi connectivity index (χ0v) is 11.1. The van der Waals surface area contributed by atoms with Gasteiger partial charge in [0.1, 0.15) is 5.56 Å². The summed E-state index contributed by atoms with van der Waals surface area (Å²) in [6.45, 7) is 1.86. The lowest BCUT2D eigenvalue weighted by Gasteiger charge is -2.02. The Balaban J connectivity index is 2.36. The minimum absolute atomic E-state index is 0.167. The highest BCUT2D eigenvalue weighted by atomic mass is 79.9. The van der Waals surface area contributed by atoms with Gasteiger partial charge in [-0.25, -0.2) is 9.48 Å². The number of ether oxygens (including phenoxy) is 1. The number of aromatic nitrogens is 2. The quantitative estimate of drug-likeness (QED) is 0.818. The molecule has 1 heterocycles. The Bertz CT molecular complexity index is 566. The molecule has 0 fully saturated rings. The third-order valence-corrected chi connectivity index (χ3v) is 2.81. The summed E-state index contributed by atoms with van der Waals surface area (Å²) in [4.78, 5) is 11.4. The molecule has 0 N–H and O–H groups in total. The molecule has 2 aromatic rings. The normalized spacial score (nSPS) is 10.4. The highest BCUT2D eigenvalue weighted by molar-refractivity contribution is 9.10. The molecule has 18 heavy (non-hydrogen) atoms. The second kappa shape index (κ2) is 5.30. The first-order valence-corrected chi connectivity index (χ1v) is 6.09. The van der Waals surface area contributed by atoms with Crippen LogP contribution in [-0.2, 0) is 4.74 Å². The smallest absolute Gasteiger partial charge is 0.344 e. The van der Waals surface area contributed by atoms with E-state index in [0.717, 1.165) is 15.4 Å². The molecule has 0 amide bonds. The first-order valence-electron chi connectivity index (χ1n) is 5.30. The van der Waals surface area contributed by atoms with Crippen LogP contribution in [-0.4, -0.2) is 22.4 Å². The third kappa shape index (κ3) is 2.43. The van der Waals surface area contributed by atoms with Crippen molar-refractivity contribution in [3.63, 3.8) is 0 Å². The number of carbonyl (C=O) groups is 1. The van der Waals surface area contributed by atoms with Crippen LogP contribution in [0, 0.1) is 5.95 Å². The largest absolute Gasteiger partial charge is 0.462 e. The SMILES string of the molecule is CCOC(=O)c1cnn(-c2ccc(Br)cc2)c1F. The van der Waals surface area contributed by atoms with E-state index in [9.17, 15) is 9.18 Å². The average molecular weight is 313 g/mol. The molecule has 6 heteroatoms. The van der Waals surface area contributed by atoms with Crippen molar-refractivity contribution >= 4 is 21.9 Å². The fourth-order valence-corrected chi connectivity index (χ4v) is 1.71. The lowest BCUT2D eigenvalue weighted by molar-refractivity contribution is 0.0520. The predicted molar refractivity (Wildman–Crippen MR) is 67.2 cm³/mol. The summed E-state index contributed by atoms with van der Waals surface area (Å²) >= 11 is 3.29. The molecular weight excluding hydrogens is 303 g/mol. The van der Waals surface area contributed by atoms with Crippen LogP contribution in [0.15, 0.2) is 34.9 Å². The Kier molecular flexibility index (Phi) is 3.76. The Morgan fingerprint density at radius 2 is 2.11 bits per heavy atom. The molecule has 0 bridgehead atoms. The summed E-state index contributed by atoms with van der Waals surface area (Å²) < 4.78 is 20.7. The lowest BCUT2D eigenvalue weighted by Crippen LogP contribution is -2.07. The Morgan fingerprint density at radius 3 is 2.72 bits per heavy atom. The van der Waals surface area contributed by atoms with Crippen LogP contribution in [0.2, 0.25) is 0 Å². The monoisotopic (exact) mass is 312 g/mol. The Labute approximate surface area is 111 Å². The molecule has 94 valence electrons. The van der Waals surface area contributed by atoms with E-state index >= 15 is 0 Å². The van der Waals surface area contributed by atoms with Gasteiger partial charge in [-0.3, -0.25) is 0 Å². The van der Waals surface area contributed by atoms with Crippen LogP contribution in [0.5, 0.6) is 0 Å². The number of esters is 1. The molecule has 0 unspecified atom stereocenters. The van der Waals surface area contributed by atoms with Crippen LogP contribution in [0.3, 0.4) is 0 Å². The number of hydrogen-bond donors (Lipinski definition) is 0. The van der Waals surface area contributed by atoms with Crippen LogP contribution in [0.4, 0.5) is 4.39 Å². The Hall–Kier alpha value is -1.69. The summed E-state index contributed by atoms with van der Waals surface area (Å²) in [6, 6.07) is 6.91. The molecule has 0 radical (unpaired) electrons. The molecule has 0 atom stereocenters. The summed E-state index contributed by atoms with van der Waals surface area (Å²) in [7, 11) is 0. The number of rotatable bonds is 3. The number of benzene rings is 1. The van der Waals surface area contributed by atoms with Crippen LogP contribution in [0.25, 0.3) is 5.69 Å². The number of halogens is 2. The van der Waals surface area contributed by atoms with E-state index in [1.54, 1.807) is 31.2 Å². The van der Waals surface area contributed by atoms with E-state index in [4.69, 9.17) is 4.74 Å². The van der Waals surface area contributed by atoms with Gasteiger partial charge in [0.2, 0.25) is 5.95 Å². The zero-order chi connectivity index (χ0) is 13.1. The molecule has 1 aromatic carbocycles. The van der Waals surface area contributed by atoms with E-state index in [1.165, 1.54) is 0 Å². The van der Waals surface area contributed by atoms with Crippen LogP contribution in [0.1, 0.15) is 17.3 Å². The van der Waals surface area contributed by atoms with Crippen molar-refractivity contribution in [2.75, 3.05) is 6.61 Å². The van der Waals surface area contributed by atoms with Gasteiger partial charge in [-0.05, 0) is 31.2 Å². The standard InChI is InChI=1S/C12H10BrFN2O2/c1-2-18-12(17)10-7-15-16(11(10)14)9-5-3-8(13)4-6-9/h3-7H,2H2,1H3. The summed E-state index contributed by atoms with van der Waals surface area (Å²) in [5.74, 6) is -1.44. The molecule has 2 rings (SSSR count). The van der Waals surface area contributed by atoms with E-state index in [1.807, 2.05) is 0 Å². The highest BCUT2D eigenvalue weighted by Gasteiger charge is 2.19. The molecule has 0 saturated heterocycles. The van der Waals surface area contributed by atoms with Crippen molar-refractivity contribution < 1.29 is 13.9 Å². The maximum atomic E-state index is 14.0. The minimum Gasteiger partial charge on any atom is -0.462 e. The molecule has 4 nitrogen and oxygen atoms in total. The molecule has 0 aliphatic rings. The number of hydrogen-bond acceptors (Lipinski definition) is 3. The van der Waals surface area contributed by atoms with Crippen LogP contribution >= 0.6 is 15.9 Å². The van der Waals surface area contributed by atoms with Gasteiger partial charge in [0.05, 0.1) is 18.5 Å². The highest BCUT2D eigenvalue weighted by Crippen LogP contribution is 2.17. The van der Waals surface area contributed by atoms with Gasteiger partial charge in [-0.1, -0.05) is 15.9 Å². The van der Waals surface area contributed by atoms with E-state index < -0.39 is 11.9 Å². The van der Waals surface area contributed by atoms with Crippen molar-refractivity contribution in [3.8, 4) is 5.69 Å². The topological polar surface area (TPSA) is 44.1 Å². The summed E-state index contributed by atoms with van der Waals surface area (Å²) in [5.41, 5.74) is 0.367. The van der Waals surface area contributed by atoms with Crippen LogP contribution < -0.4 is 0 Å². The first kappa shape index (κ1) is 12.8. The maximum absolute atomic E-state index is 14.0. The minimum atomic E-state index is -0.726. The van der Waals surface area contributed by atoms with Crippen molar-refractivity contribution in [2.45, 2.75) is 6.92 Å². The molecule has 1 aromatic heterocycles. The van der Waals surface area contributed by atoms with Gasteiger partial charge >= 0.3 is 5.97 Å². The maximum Gasteiger partial charge on any atom is 0.344 e. The van der Waals surface area contributed by atoms with E-state index in [0.29, 0.717) is 5.69 Å². The summed E-state index contributed by atoms with van der Waals surface area (Å²) in [6.07, 6.45) is 1.16. The van der Waals surface area contributed by atoms with E-state index in [2.05, 4.69) is 21.0 Å².